The first-order valence-electron chi connectivity index (χ1n) is 4.50. The molecule has 86 valence electrons. The van der Waals surface area contributed by atoms with Crippen molar-refractivity contribution in [2.24, 2.45) is 5.73 Å². The summed E-state index contributed by atoms with van der Waals surface area (Å²) in [6, 6.07) is 3.99. The Morgan fingerprint density at radius 1 is 1.44 bits per heavy atom. The molecule has 6 heteroatoms. The van der Waals surface area contributed by atoms with E-state index in [9.17, 15) is 9.59 Å². The van der Waals surface area contributed by atoms with Gasteiger partial charge in [-0.15, -0.1) is 0 Å². The highest BCUT2D eigenvalue weighted by molar-refractivity contribution is 5.89. The first-order valence-corrected chi connectivity index (χ1v) is 4.50. The molecule has 0 radical (unpaired) electrons. The normalized spacial score (nSPS) is 11.8. The van der Waals surface area contributed by atoms with Crippen LogP contribution < -0.4 is 16.2 Å². The van der Waals surface area contributed by atoms with E-state index in [1.165, 1.54) is 25.1 Å². The Balaban J connectivity index is 2.98. The minimum absolute atomic E-state index is 0.0286. The van der Waals surface area contributed by atoms with Gasteiger partial charge in [0, 0.05) is 0 Å². The smallest absolute Gasteiger partial charge is 0.335 e. The van der Waals surface area contributed by atoms with Crippen LogP contribution in [0.1, 0.15) is 17.3 Å². The Bertz CT molecular complexity index is 431. The quantitative estimate of drug-likeness (QED) is 0.632. The highest BCUT2D eigenvalue weighted by atomic mass is 16.5. The molecule has 0 aromatic heterocycles. The number of hydrogen-bond acceptors (Lipinski definition) is 4. The number of carboxylic acids is 1. The average Bonchev–Trinajstić information content (AvgIpc) is 2.20. The van der Waals surface area contributed by atoms with Gasteiger partial charge < -0.3 is 21.3 Å². The first kappa shape index (κ1) is 11.8. The van der Waals surface area contributed by atoms with Crippen molar-refractivity contribution in [1.29, 1.82) is 0 Å². The molecule has 1 aromatic rings. The zero-order valence-corrected chi connectivity index (χ0v) is 8.64. The lowest BCUT2D eigenvalue weighted by Gasteiger charge is -2.13. The second kappa shape index (κ2) is 4.52. The maximum absolute atomic E-state index is 10.8. The van der Waals surface area contributed by atoms with Crippen molar-refractivity contribution in [3.05, 3.63) is 23.8 Å². The van der Waals surface area contributed by atoms with Crippen LogP contribution in [0.2, 0.25) is 0 Å². The van der Waals surface area contributed by atoms with E-state index in [1.807, 2.05) is 0 Å². The molecule has 0 spiro atoms. The summed E-state index contributed by atoms with van der Waals surface area (Å²) in [4.78, 5) is 21.5. The number of carboxylic acid groups (broad SMARTS) is 1. The van der Waals surface area contributed by atoms with Crippen molar-refractivity contribution in [1.82, 2.24) is 0 Å². The zero-order chi connectivity index (χ0) is 12.3. The lowest BCUT2D eigenvalue weighted by molar-refractivity contribution is -0.123. The van der Waals surface area contributed by atoms with Gasteiger partial charge in [-0.3, -0.25) is 4.79 Å². The fourth-order valence-corrected chi connectivity index (χ4v) is 1.02. The van der Waals surface area contributed by atoms with Crippen molar-refractivity contribution >= 4 is 17.6 Å². The summed E-state index contributed by atoms with van der Waals surface area (Å²) in [5.74, 6) is -1.62. The zero-order valence-electron chi connectivity index (χ0n) is 8.64. The van der Waals surface area contributed by atoms with Crippen LogP contribution in [0.4, 0.5) is 5.69 Å². The highest BCUT2D eigenvalue weighted by Gasteiger charge is 2.14. The maximum atomic E-state index is 10.8. The number of nitrogen functional groups attached to an aromatic ring is 1. The third kappa shape index (κ3) is 2.63. The third-order valence-electron chi connectivity index (χ3n) is 1.96. The number of amides is 1. The van der Waals surface area contributed by atoms with Gasteiger partial charge in [0.15, 0.2) is 6.10 Å². The molecule has 0 aliphatic carbocycles. The van der Waals surface area contributed by atoms with Gasteiger partial charge >= 0.3 is 5.97 Å². The van der Waals surface area contributed by atoms with Crippen LogP contribution in [0.3, 0.4) is 0 Å². The van der Waals surface area contributed by atoms with Crippen LogP contribution in [-0.4, -0.2) is 23.1 Å². The summed E-state index contributed by atoms with van der Waals surface area (Å²) in [6.45, 7) is 1.45. The van der Waals surface area contributed by atoms with Crippen LogP contribution in [0.5, 0.6) is 5.75 Å². The van der Waals surface area contributed by atoms with Gasteiger partial charge in [-0.25, -0.2) is 4.79 Å². The number of rotatable bonds is 4. The van der Waals surface area contributed by atoms with Gasteiger partial charge in [0.2, 0.25) is 0 Å². The lowest BCUT2D eigenvalue weighted by atomic mass is 10.2. The Morgan fingerprint density at radius 3 is 2.56 bits per heavy atom. The van der Waals surface area contributed by atoms with E-state index in [-0.39, 0.29) is 17.0 Å². The van der Waals surface area contributed by atoms with Crippen molar-refractivity contribution in [2.45, 2.75) is 13.0 Å². The summed E-state index contributed by atoms with van der Waals surface area (Å²) < 4.78 is 5.13. The van der Waals surface area contributed by atoms with E-state index in [0.717, 1.165) is 0 Å². The summed E-state index contributed by atoms with van der Waals surface area (Å²) in [5.41, 5.74) is 10.9. The van der Waals surface area contributed by atoms with E-state index in [4.69, 9.17) is 21.3 Å². The molecule has 1 amide bonds. The number of aromatic carboxylic acids is 1. The number of ether oxygens (including phenoxy) is 1. The summed E-state index contributed by atoms with van der Waals surface area (Å²) in [5, 5.41) is 8.76. The minimum atomic E-state index is -1.10. The molecule has 0 heterocycles. The monoisotopic (exact) mass is 224 g/mol. The molecule has 1 unspecified atom stereocenters. The number of carbonyl (C=O) groups is 2. The fraction of sp³-hybridized carbons (Fsp3) is 0.200. The molecule has 0 aliphatic heterocycles. The molecule has 6 nitrogen and oxygen atoms in total. The number of carbonyl (C=O) groups excluding carboxylic acids is 1. The topological polar surface area (TPSA) is 116 Å². The van der Waals surface area contributed by atoms with E-state index >= 15 is 0 Å². The van der Waals surface area contributed by atoms with Crippen molar-refractivity contribution in [3.8, 4) is 5.75 Å². The molecule has 1 aromatic carbocycles. The van der Waals surface area contributed by atoms with Crippen molar-refractivity contribution < 1.29 is 19.4 Å². The second-order valence-corrected chi connectivity index (χ2v) is 3.22. The van der Waals surface area contributed by atoms with Gasteiger partial charge in [-0.1, -0.05) is 0 Å². The average molecular weight is 224 g/mol. The Hall–Kier alpha value is -2.24. The lowest BCUT2D eigenvalue weighted by Crippen LogP contribution is -2.30. The predicted octanol–water partition coefficient (Wildman–Crippen LogP) is 0.220. The van der Waals surface area contributed by atoms with Gasteiger partial charge in [-0.2, -0.15) is 0 Å². The first-order chi connectivity index (χ1) is 7.41. The molecule has 0 saturated heterocycles. The standard InChI is InChI=1S/C10H12N2O4/c1-5(9(12)13)16-8-4-6(10(14)15)2-3-7(8)11/h2-5H,11H2,1H3,(H2,12,13)(H,14,15). The highest BCUT2D eigenvalue weighted by Crippen LogP contribution is 2.23. The Labute approximate surface area is 91.8 Å². The van der Waals surface area contributed by atoms with Crippen LogP contribution in [0.15, 0.2) is 18.2 Å². The van der Waals surface area contributed by atoms with E-state index < -0.39 is 18.0 Å². The fourth-order valence-electron chi connectivity index (χ4n) is 1.02. The van der Waals surface area contributed by atoms with Gasteiger partial charge in [-0.05, 0) is 25.1 Å². The van der Waals surface area contributed by atoms with Crippen molar-refractivity contribution in [3.63, 3.8) is 0 Å². The Morgan fingerprint density at radius 2 is 2.06 bits per heavy atom. The SMILES string of the molecule is CC(Oc1cc(C(=O)O)ccc1N)C(N)=O. The molecular formula is C10H12N2O4. The largest absolute Gasteiger partial charge is 0.479 e. The molecule has 1 rings (SSSR count). The third-order valence-corrected chi connectivity index (χ3v) is 1.96. The predicted molar refractivity (Wildman–Crippen MR) is 57.1 cm³/mol. The molecule has 0 bridgehead atoms. The summed E-state index contributed by atoms with van der Waals surface area (Å²) >= 11 is 0. The molecule has 0 saturated carbocycles. The summed E-state index contributed by atoms with van der Waals surface area (Å²) in [7, 11) is 0. The van der Waals surface area contributed by atoms with Gasteiger partial charge in [0.1, 0.15) is 5.75 Å². The van der Waals surface area contributed by atoms with Crippen molar-refractivity contribution in [2.75, 3.05) is 5.73 Å². The van der Waals surface area contributed by atoms with E-state index in [1.54, 1.807) is 0 Å². The second-order valence-electron chi connectivity index (χ2n) is 3.22. The van der Waals surface area contributed by atoms with E-state index in [2.05, 4.69) is 0 Å². The van der Waals surface area contributed by atoms with E-state index in [0.29, 0.717) is 0 Å². The van der Waals surface area contributed by atoms with Crippen LogP contribution in [-0.2, 0) is 4.79 Å². The number of nitrogens with two attached hydrogens (primary N) is 2. The van der Waals surface area contributed by atoms with Crippen LogP contribution in [0, 0.1) is 0 Å². The molecule has 1 atom stereocenters. The number of primary amides is 1. The number of hydrogen-bond donors (Lipinski definition) is 3. The summed E-state index contributed by atoms with van der Waals surface area (Å²) in [6.07, 6.45) is -0.869. The van der Waals surface area contributed by atoms with Gasteiger partial charge in [0.05, 0.1) is 11.3 Å². The molecule has 16 heavy (non-hydrogen) atoms. The Kier molecular flexibility index (Phi) is 3.34. The maximum Gasteiger partial charge on any atom is 0.335 e. The molecule has 5 N–H and O–H groups in total. The molecular weight excluding hydrogens is 212 g/mol. The molecule has 0 fully saturated rings. The minimum Gasteiger partial charge on any atom is -0.479 e. The van der Waals surface area contributed by atoms with Gasteiger partial charge in [0.25, 0.3) is 5.91 Å². The molecule has 0 aliphatic rings. The number of benzene rings is 1. The van der Waals surface area contributed by atoms with Crippen LogP contribution >= 0.6 is 0 Å². The van der Waals surface area contributed by atoms with Crippen LogP contribution in [0.25, 0.3) is 0 Å². The number of anilines is 1.